The Morgan fingerprint density at radius 2 is 1.67 bits per heavy atom. The van der Waals surface area contributed by atoms with Crippen molar-refractivity contribution < 1.29 is 23.0 Å². The molecule has 0 aliphatic carbocycles. The van der Waals surface area contributed by atoms with Gasteiger partial charge in [0.2, 0.25) is 0 Å². The number of rotatable bonds is 14. The van der Waals surface area contributed by atoms with Crippen LogP contribution in [0.2, 0.25) is 0 Å². The molecule has 1 aliphatic heterocycles. The highest BCUT2D eigenvalue weighted by Gasteiger charge is 2.50. The van der Waals surface area contributed by atoms with Crippen LogP contribution in [0.25, 0.3) is 16.5 Å². The number of aromatic amines is 1. The number of anilines is 2. The minimum Gasteiger partial charge on any atom is -0.493 e. The van der Waals surface area contributed by atoms with E-state index in [0.29, 0.717) is 50.3 Å². The van der Waals surface area contributed by atoms with E-state index in [0.717, 1.165) is 41.7 Å². The molecule has 54 heavy (non-hydrogen) atoms. The highest BCUT2D eigenvalue weighted by atomic mass is 32.1. The van der Waals surface area contributed by atoms with E-state index in [2.05, 4.69) is 9.97 Å². The summed E-state index contributed by atoms with van der Waals surface area (Å²) in [7, 11) is 0. The summed E-state index contributed by atoms with van der Waals surface area (Å²) in [5, 5.41) is 11.1. The van der Waals surface area contributed by atoms with Crippen LogP contribution in [0.3, 0.4) is 0 Å². The van der Waals surface area contributed by atoms with E-state index in [9.17, 15) is 28.4 Å². The van der Waals surface area contributed by atoms with Gasteiger partial charge in [-0.05, 0) is 99.4 Å². The third-order valence-corrected chi connectivity index (χ3v) is 9.58. The molecule has 0 atom stereocenters. The van der Waals surface area contributed by atoms with Crippen molar-refractivity contribution in [1.82, 2.24) is 14.5 Å². The van der Waals surface area contributed by atoms with Crippen LogP contribution in [0, 0.1) is 11.3 Å². The number of unbranched alkanes of at least 4 members (excludes halogenated alkanes) is 1. The quantitative estimate of drug-likeness (QED) is 0.0963. The van der Waals surface area contributed by atoms with Gasteiger partial charge in [0, 0.05) is 67.0 Å². The Hall–Kier alpha value is -5.78. The fourth-order valence-electron chi connectivity index (χ4n) is 6.41. The second kappa shape index (κ2) is 15.7. The molecule has 0 radical (unpaired) electrons. The van der Waals surface area contributed by atoms with Gasteiger partial charge in [0.25, 0.3) is 17.4 Å². The van der Waals surface area contributed by atoms with Crippen LogP contribution in [0.4, 0.5) is 20.2 Å². The molecular weight excluding hydrogens is 715 g/mol. The molecule has 1 aliphatic rings. The van der Waals surface area contributed by atoms with Gasteiger partial charge in [-0.15, -0.1) is 0 Å². The van der Waals surface area contributed by atoms with Gasteiger partial charge in [-0.2, -0.15) is 5.26 Å². The number of carbonyl (C=O) groups is 1. The molecule has 1 amide bonds. The Labute approximate surface area is 315 Å². The SMILES string of the molecule is CC(F)(F)c1cc(N2C(=O)C(C)(C)N(c3ccc(CCCCOCCCOc4ccc5c(-n6ccc(=O)[nH]c6=O)cncc5c4)cc3)C2=S)ccc1C#N. The highest BCUT2D eigenvalue weighted by molar-refractivity contribution is 7.81. The first-order chi connectivity index (χ1) is 25.8. The lowest BCUT2D eigenvalue weighted by atomic mass is 10.0. The van der Waals surface area contributed by atoms with Gasteiger partial charge in [-0.25, -0.2) is 13.6 Å². The molecule has 3 aromatic carbocycles. The number of H-pyrrole nitrogens is 1. The summed E-state index contributed by atoms with van der Waals surface area (Å²) in [5.41, 5.74) is -0.142. The molecule has 2 aromatic heterocycles. The third kappa shape index (κ3) is 7.92. The van der Waals surface area contributed by atoms with Crippen LogP contribution in [0.15, 0.2) is 94.9 Å². The van der Waals surface area contributed by atoms with Crippen LogP contribution < -0.4 is 25.8 Å². The van der Waals surface area contributed by atoms with Crippen molar-refractivity contribution in [3.8, 4) is 17.5 Å². The first kappa shape index (κ1) is 38.0. The number of pyridine rings is 1. The first-order valence-electron chi connectivity index (χ1n) is 17.4. The number of halogens is 2. The maximum Gasteiger partial charge on any atom is 0.332 e. The lowest BCUT2D eigenvalue weighted by molar-refractivity contribution is -0.120. The van der Waals surface area contributed by atoms with E-state index in [-0.39, 0.29) is 22.3 Å². The van der Waals surface area contributed by atoms with Crippen LogP contribution >= 0.6 is 12.2 Å². The predicted octanol–water partition coefficient (Wildman–Crippen LogP) is 6.78. The fraction of sp³-hybridized carbons (Fsp3) is 0.300. The van der Waals surface area contributed by atoms with Crippen LogP contribution in [-0.4, -0.2) is 50.9 Å². The molecule has 11 nitrogen and oxygen atoms in total. The number of thiocarbonyl (C=S) groups is 1. The van der Waals surface area contributed by atoms with Crippen molar-refractivity contribution in [2.24, 2.45) is 0 Å². The van der Waals surface area contributed by atoms with E-state index >= 15 is 0 Å². The van der Waals surface area contributed by atoms with Gasteiger partial charge in [0.15, 0.2) is 5.11 Å². The molecule has 0 unspecified atom stereocenters. The molecule has 3 heterocycles. The Bertz CT molecular complexity index is 2360. The predicted molar refractivity (Wildman–Crippen MR) is 206 cm³/mol. The Morgan fingerprint density at radius 1 is 0.926 bits per heavy atom. The molecule has 14 heteroatoms. The topological polar surface area (TPSA) is 134 Å². The number of aryl methyl sites for hydroxylation is 1. The number of alkyl halides is 2. The summed E-state index contributed by atoms with van der Waals surface area (Å²) in [6.07, 6.45) is 8.01. The zero-order chi connectivity index (χ0) is 38.6. The number of carbonyl (C=O) groups excluding carboxylic acids is 1. The number of aromatic nitrogens is 3. The number of nitrogens with zero attached hydrogens (tertiary/aromatic N) is 5. The zero-order valence-corrected chi connectivity index (χ0v) is 30.8. The van der Waals surface area contributed by atoms with Crippen molar-refractivity contribution >= 4 is 45.4 Å². The summed E-state index contributed by atoms with van der Waals surface area (Å²) in [4.78, 5) is 46.8. The van der Waals surface area contributed by atoms with E-state index in [4.69, 9.17) is 21.7 Å². The minimum absolute atomic E-state index is 0.160. The summed E-state index contributed by atoms with van der Waals surface area (Å²) in [6.45, 7) is 5.82. The minimum atomic E-state index is -3.27. The van der Waals surface area contributed by atoms with Crippen molar-refractivity contribution in [2.45, 2.75) is 57.9 Å². The van der Waals surface area contributed by atoms with E-state index in [1.165, 1.54) is 33.9 Å². The van der Waals surface area contributed by atoms with Crippen molar-refractivity contribution in [2.75, 3.05) is 29.6 Å². The normalized spacial score (nSPS) is 14.1. The van der Waals surface area contributed by atoms with E-state index < -0.39 is 28.3 Å². The molecular formula is C40H38F2N6O5S. The van der Waals surface area contributed by atoms with Crippen molar-refractivity contribution in [3.05, 3.63) is 123 Å². The number of hydrogen-bond acceptors (Lipinski definition) is 8. The van der Waals surface area contributed by atoms with Crippen LogP contribution in [0.5, 0.6) is 5.75 Å². The van der Waals surface area contributed by atoms with Crippen molar-refractivity contribution in [3.63, 3.8) is 0 Å². The maximum atomic E-state index is 14.3. The molecule has 5 aromatic rings. The summed E-state index contributed by atoms with van der Waals surface area (Å²) >= 11 is 5.72. The highest BCUT2D eigenvalue weighted by Crippen LogP contribution is 2.39. The van der Waals surface area contributed by atoms with Crippen molar-refractivity contribution in [1.29, 1.82) is 5.26 Å². The number of amides is 1. The number of fused-ring (bicyclic) bond motifs is 1. The molecule has 6 rings (SSSR count). The smallest absolute Gasteiger partial charge is 0.332 e. The lowest BCUT2D eigenvalue weighted by Crippen LogP contribution is -2.44. The third-order valence-electron chi connectivity index (χ3n) is 9.22. The van der Waals surface area contributed by atoms with Gasteiger partial charge in [0.05, 0.1) is 35.8 Å². The zero-order valence-electron chi connectivity index (χ0n) is 30.0. The monoisotopic (exact) mass is 752 g/mol. The van der Waals surface area contributed by atoms with Gasteiger partial charge >= 0.3 is 5.69 Å². The largest absolute Gasteiger partial charge is 0.493 e. The van der Waals surface area contributed by atoms with Gasteiger partial charge in [0.1, 0.15) is 11.3 Å². The summed E-state index contributed by atoms with van der Waals surface area (Å²) < 4.78 is 41.7. The number of nitriles is 1. The molecule has 0 saturated carbocycles. The molecule has 0 spiro atoms. The van der Waals surface area contributed by atoms with E-state index in [1.807, 2.05) is 42.5 Å². The molecule has 0 bridgehead atoms. The molecule has 1 fully saturated rings. The summed E-state index contributed by atoms with van der Waals surface area (Å²) in [6, 6.07) is 20.3. The summed E-state index contributed by atoms with van der Waals surface area (Å²) in [5.74, 6) is -2.96. The van der Waals surface area contributed by atoms with E-state index in [1.54, 1.807) is 37.2 Å². The average Bonchev–Trinajstić information content (AvgIpc) is 3.32. The average molecular weight is 753 g/mol. The van der Waals surface area contributed by atoms with Gasteiger partial charge in [-0.3, -0.25) is 29.0 Å². The number of nitrogens with one attached hydrogen (secondary N) is 1. The Kier molecular flexibility index (Phi) is 11.0. The Morgan fingerprint density at radius 3 is 2.39 bits per heavy atom. The standard InChI is InChI=1S/C40H38F2N6O5S/c1-39(2)36(50)47(30-13-10-27(23-43)33(22-30)40(3,41)42)38(54)48(39)29-11-8-26(9-12-29)7-4-5-18-52-19-6-20-53-31-14-15-32-28(21-31)24-44-25-34(32)46-17-16-35(49)45-37(46)51/h8-17,21-22,24-25H,4-7,18-20H2,1-3H3,(H,45,49,51). The van der Waals surface area contributed by atoms with Gasteiger partial charge in [-0.1, -0.05) is 12.1 Å². The number of ether oxygens (including phenoxy) is 2. The fourth-order valence-corrected chi connectivity index (χ4v) is 6.94. The van der Waals surface area contributed by atoms with Gasteiger partial charge < -0.3 is 14.4 Å². The number of hydrogen-bond donors (Lipinski definition) is 1. The molecule has 1 saturated heterocycles. The first-order valence-corrected chi connectivity index (χ1v) is 17.8. The van der Waals surface area contributed by atoms with Crippen LogP contribution in [0.1, 0.15) is 56.7 Å². The molecule has 278 valence electrons. The van der Waals surface area contributed by atoms with Crippen LogP contribution in [-0.2, 0) is 21.9 Å². The number of benzene rings is 3. The Balaban J connectivity index is 0.945. The lowest BCUT2D eigenvalue weighted by Gasteiger charge is -2.29. The second-order valence-corrected chi connectivity index (χ2v) is 13.9. The second-order valence-electron chi connectivity index (χ2n) is 13.5. The molecule has 1 N–H and O–H groups in total. The maximum absolute atomic E-state index is 14.3.